The standard InChI is InChI=1S/C17H14FN3O3/c18-13-5-3-11(4-6-13)15(22)10-20-17(23)14-8-16(24-21-14)12-2-1-7-19-9-12/h1-9,15,22H,10H2,(H,20,23). The van der Waals surface area contributed by atoms with Gasteiger partial charge in [-0.2, -0.15) is 0 Å². The lowest BCUT2D eigenvalue weighted by Gasteiger charge is -2.11. The Labute approximate surface area is 136 Å². The average Bonchev–Trinajstić information content (AvgIpc) is 3.11. The first-order valence-corrected chi connectivity index (χ1v) is 7.22. The summed E-state index contributed by atoms with van der Waals surface area (Å²) in [6.45, 7) is -0.0282. The van der Waals surface area contributed by atoms with Crippen LogP contribution >= 0.6 is 0 Å². The van der Waals surface area contributed by atoms with Crippen LogP contribution in [0.25, 0.3) is 11.3 Å². The number of nitrogens with one attached hydrogen (secondary N) is 1. The number of aliphatic hydroxyl groups is 1. The maximum atomic E-state index is 12.9. The highest BCUT2D eigenvalue weighted by Crippen LogP contribution is 2.19. The van der Waals surface area contributed by atoms with Gasteiger partial charge in [0.15, 0.2) is 11.5 Å². The van der Waals surface area contributed by atoms with Gasteiger partial charge in [0.05, 0.1) is 6.10 Å². The van der Waals surface area contributed by atoms with E-state index in [0.717, 1.165) is 0 Å². The van der Waals surface area contributed by atoms with Gasteiger partial charge in [0.25, 0.3) is 5.91 Å². The summed E-state index contributed by atoms with van der Waals surface area (Å²) < 4.78 is 18.0. The van der Waals surface area contributed by atoms with Crippen LogP contribution in [0.15, 0.2) is 59.4 Å². The second kappa shape index (κ2) is 7.01. The minimum Gasteiger partial charge on any atom is -0.387 e. The summed E-state index contributed by atoms with van der Waals surface area (Å²) >= 11 is 0. The van der Waals surface area contributed by atoms with Crippen LogP contribution in [0.3, 0.4) is 0 Å². The van der Waals surface area contributed by atoms with E-state index >= 15 is 0 Å². The van der Waals surface area contributed by atoms with E-state index in [-0.39, 0.29) is 18.1 Å². The van der Waals surface area contributed by atoms with Crippen molar-refractivity contribution in [1.29, 1.82) is 0 Å². The number of aliphatic hydroxyl groups excluding tert-OH is 1. The molecule has 3 aromatic rings. The highest BCUT2D eigenvalue weighted by molar-refractivity contribution is 5.93. The van der Waals surface area contributed by atoms with Gasteiger partial charge in [-0.1, -0.05) is 17.3 Å². The van der Waals surface area contributed by atoms with Crippen LogP contribution in [0, 0.1) is 5.82 Å². The number of benzene rings is 1. The molecule has 0 saturated carbocycles. The summed E-state index contributed by atoms with van der Waals surface area (Å²) in [4.78, 5) is 16.0. The second-order valence-electron chi connectivity index (χ2n) is 5.10. The van der Waals surface area contributed by atoms with Crippen molar-refractivity contribution < 1.29 is 18.8 Å². The van der Waals surface area contributed by atoms with E-state index in [1.165, 1.54) is 30.3 Å². The van der Waals surface area contributed by atoms with Gasteiger partial charge in [-0.3, -0.25) is 9.78 Å². The van der Waals surface area contributed by atoms with Crippen LogP contribution in [-0.2, 0) is 0 Å². The van der Waals surface area contributed by atoms with Crippen LogP contribution in [0.4, 0.5) is 4.39 Å². The number of nitrogens with zero attached hydrogens (tertiary/aromatic N) is 2. The first kappa shape index (κ1) is 15.8. The molecule has 0 radical (unpaired) electrons. The van der Waals surface area contributed by atoms with Crippen molar-refractivity contribution in [3.05, 3.63) is 71.9 Å². The number of pyridine rings is 1. The number of amides is 1. The fourth-order valence-corrected chi connectivity index (χ4v) is 2.11. The molecule has 2 heterocycles. The predicted octanol–water partition coefficient (Wildman–Crippen LogP) is 2.34. The fourth-order valence-electron chi connectivity index (χ4n) is 2.11. The minimum absolute atomic E-state index is 0.0282. The molecular weight excluding hydrogens is 313 g/mol. The molecule has 24 heavy (non-hydrogen) atoms. The van der Waals surface area contributed by atoms with Crippen LogP contribution in [0.5, 0.6) is 0 Å². The van der Waals surface area contributed by atoms with Gasteiger partial charge in [0.1, 0.15) is 5.82 Å². The summed E-state index contributed by atoms with van der Waals surface area (Å²) in [5.41, 5.74) is 1.31. The third-order valence-corrected chi connectivity index (χ3v) is 3.40. The Kier molecular flexibility index (Phi) is 4.62. The zero-order chi connectivity index (χ0) is 16.9. The van der Waals surface area contributed by atoms with Gasteiger partial charge in [0, 0.05) is 30.6 Å². The van der Waals surface area contributed by atoms with E-state index in [0.29, 0.717) is 16.9 Å². The normalized spacial score (nSPS) is 11.9. The highest BCUT2D eigenvalue weighted by atomic mass is 19.1. The summed E-state index contributed by atoms with van der Waals surface area (Å²) in [5, 5.41) is 16.3. The number of halogens is 1. The van der Waals surface area contributed by atoms with Gasteiger partial charge >= 0.3 is 0 Å². The zero-order valence-electron chi connectivity index (χ0n) is 12.5. The Morgan fingerprint density at radius 2 is 2.08 bits per heavy atom. The van der Waals surface area contributed by atoms with Crippen molar-refractivity contribution >= 4 is 5.91 Å². The van der Waals surface area contributed by atoms with E-state index in [1.807, 2.05) is 0 Å². The van der Waals surface area contributed by atoms with Crippen molar-refractivity contribution in [1.82, 2.24) is 15.5 Å². The monoisotopic (exact) mass is 327 g/mol. The Hall–Kier alpha value is -3.06. The molecule has 0 bridgehead atoms. The summed E-state index contributed by atoms with van der Waals surface area (Å²) in [5.74, 6) is -0.442. The van der Waals surface area contributed by atoms with Crippen LogP contribution in [-0.4, -0.2) is 27.7 Å². The Morgan fingerprint density at radius 1 is 1.29 bits per heavy atom. The number of rotatable bonds is 5. The first-order chi connectivity index (χ1) is 11.6. The Bertz CT molecular complexity index is 819. The number of hydrogen-bond acceptors (Lipinski definition) is 5. The van der Waals surface area contributed by atoms with Gasteiger partial charge in [-0.25, -0.2) is 4.39 Å². The number of carbonyl (C=O) groups is 1. The van der Waals surface area contributed by atoms with E-state index < -0.39 is 12.0 Å². The van der Waals surface area contributed by atoms with E-state index in [2.05, 4.69) is 15.5 Å². The lowest BCUT2D eigenvalue weighted by molar-refractivity contribution is 0.0907. The maximum absolute atomic E-state index is 12.9. The van der Waals surface area contributed by atoms with Crippen molar-refractivity contribution in [3.63, 3.8) is 0 Å². The van der Waals surface area contributed by atoms with Gasteiger partial charge in [-0.15, -0.1) is 0 Å². The minimum atomic E-state index is -0.945. The fraction of sp³-hybridized carbons (Fsp3) is 0.118. The lowest BCUT2D eigenvalue weighted by Crippen LogP contribution is -2.28. The third-order valence-electron chi connectivity index (χ3n) is 3.40. The average molecular weight is 327 g/mol. The van der Waals surface area contributed by atoms with Crippen molar-refractivity contribution in [2.24, 2.45) is 0 Å². The molecule has 0 saturated heterocycles. The molecular formula is C17H14FN3O3. The van der Waals surface area contributed by atoms with Crippen molar-refractivity contribution in [2.75, 3.05) is 6.54 Å². The van der Waals surface area contributed by atoms with E-state index in [4.69, 9.17) is 4.52 Å². The highest BCUT2D eigenvalue weighted by Gasteiger charge is 2.15. The molecule has 2 aromatic heterocycles. The molecule has 2 N–H and O–H groups in total. The van der Waals surface area contributed by atoms with Gasteiger partial charge < -0.3 is 14.9 Å². The number of hydrogen-bond donors (Lipinski definition) is 2. The molecule has 0 aliphatic rings. The van der Waals surface area contributed by atoms with Crippen LogP contribution in [0.2, 0.25) is 0 Å². The zero-order valence-corrected chi connectivity index (χ0v) is 12.5. The molecule has 1 amide bonds. The topological polar surface area (TPSA) is 88.2 Å². The van der Waals surface area contributed by atoms with E-state index in [1.54, 1.807) is 24.5 Å². The molecule has 1 atom stereocenters. The molecule has 1 aromatic carbocycles. The predicted molar refractivity (Wildman–Crippen MR) is 83.4 cm³/mol. The summed E-state index contributed by atoms with van der Waals surface area (Å²) in [6, 6.07) is 10.4. The maximum Gasteiger partial charge on any atom is 0.273 e. The second-order valence-corrected chi connectivity index (χ2v) is 5.10. The quantitative estimate of drug-likeness (QED) is 0.751. The van der Waals surface area contributed by atoms with Gasteiger partial charge in [0.2, 0.25) is 0 Å². The smallest absolute Gasteiger partial charge is 0.273 e. The first-order valence-electron chi connectivity index (χ1n) is 7.22. The molecule has 1 unspecified atom stereocenters. The molecule has 0 spiro atoms. The number of aromatic nitrogens is 2. The van der Waals surface area contributed by atoms with Gasteiger partial charge in [-0.05, 0) is 29.8 Å². The molecule has 6 nitrogen and oxygen atoms in total. The largest absolute Gasteiger partial charge is 0.387 e. The molecule has 122 valence electrons. The Balaban J connectivity index is 1.61. The van der Waals surface area contributed by atoms with Crippen LogP contribution < -0.4 is 5.32 Å². The summed E-state index contributed by atoms with van der Waals surface area (Å²) in [6.07, 6.45) is 2.28. The molecule has 0 aliphatic carbocycles. The molecule has 0 aliphatic heterocycles. The number of carbonyl (C=O) groups excluding carboxylic acids is 1. The Morgan fingerprint density at radius 3 is 2.79 bits per heavy atom. The summed E-state index contributed by atoms with van der Waals surface area (Å²) in [7, 11) is 0. The van der Waals surface area contributed by atoms with Crippen molar-refractivity contribution in [3.8, 4) is 11.3 Å². The van der Waals surface area contributed by atoms with E-state index in [9.17, 15) is 14.3 Å². The SMILES string of the molecule is O=C(NCC(O)c1ccc(F)cc1)c1cc(-c2cccnc2)on1. The third kappa shape index (κ3) is 3.64. The van der Waals surface area contributed by atoms with Crippen LogP contribution in [0.1, 0.15) is 22.2 Å². The lowest BCUT2D eigenvalue weighted by atomic mass is 10.1. The van der Waals surface area contributed by atoms with Crippen molar-refractivity contribution in [2.45, 2.75) is 6.10 Å². The molecule has 3 rings (SSSR count). The molecule has 7 heteroatoms. The molecule has 0 fully saturated rings.